The van der Waals surface area contributed by atoms with Crippen molar-refractivity contribution in [2.45, 2.75) is 31.5 Å². The Morgan fingerprint density at radius 1 is 1.10 bits per heavy atom. The molecule has 0 spiro atoms. The largest absolute Gasteiger partial charge is 0.434 e. The highest BCUT2D eigenvalue weighted by Gasteiger charge is 2.16. The number of aryl methyl sites for hydroxylation is 1. The van der Waals surface area contributed by atoms with Crippen LogP contribution in [0, 0.1) is 6.92 Å². The summed E-state index contributed by atoms with van der Waals surface area (Å²) in [5.74, 6) is 0.570. The van der Waals surface area contributed by atoms with Crippen LogP contribution in [0.1, 0.15) is 16.7 Å². The quantitative estimate of drug-likeness (QED) is 0.487. The van der Waals surface area contributed by atoms with Crippen LogP contribution < -0.4 is 15.4 Å². The summed E-state index contributed by atoms with van der Waals surface area (Å²) in [5.41, 5.74) is 2.36. The molecule has 2 N–H and O–H groups in total. The number of alkyl halides is 2. The van der Waals surface area contributed by atoms with Crippen LogP contribution in [0.5, 0.6) is 5.75 Å². The summed E-state index contributed by atoms with van der Waals surface area (Å²) >= 11 is 0. The molecular formula is C20H26F2N4O3S. The van der Waals surface area contributed by atoms with Gasteiger partial charge in [0.2, 0.25) is 10.0 Å². The van der Waals surface area contributed by atoms with E-state index in [1.807, 2.05) is 6.92 Å². The predicted octanol–water partition coefficient (Wildman–Crippen LogP) is 2.71. The van der Waals surface area contributed by atoms with Crippen molar-refractivity contribution < 1.29 is 21.9 Å². The number of hydrogen-bond donors (Lipinski definition) is 2. The highest BCUT2D eigenvalue weighted by Crippen LogP contribution is 2.22. The van der Waals surface area contributed by atoms with Crippen LogP contribution in [-0.4, -0.2) is 46.4 Å². The Bertz CT molecular complexity index is 978. The van der Waals surface area contributed by atoms with Crippen molar-refractivity contribution in [3.05, 3.63) is 59.2 Å². The van der Waals surface area contributed by atoms with Gasteiger partial charge in [-0.1, -0.05) is 29.8 Å². The number of hydrogen-bond acceptors (Lipinski definition) is 4. The standard InChI is InChI=1S/C20H26F2N4O3S/c1-14-5-10-18(29-19(21)22)16(11-14)13-25-20(23-2)24-12-15-6-8-17(9-7-15)30(27,28)26(3)4/h5-11,19H,12-13H2,1-4H3,(H2,23,24,25). The molecule has 0 unspecified atom stereocenters. The molecule has 0 bridgehead atoms. The first-order valence-corrected chi connectivity index (χ1v) is 10.6. The molecule has 0 aliphatic heterocycles. The summed E-state index contributed by atoms with van der Waals surface area (Å²) < 4.78 is 55.2. The number of guanidine groups is 1. The minimum atomic E-state index is -3.47. The van der Waals surface area contributed by atoms with Crippen molar-refractivity contribution in [3.8, 4) is 5.75 Å². The third-order valence-corrected chi connectivity index (χ3v) is 6.09. The van der Waals surface area contributed by atoms with Gasteiger partial charge in [0.1, 0.15) is 5.75 Å². The lowest BCUT2D eigenvalue weighted by Gasteiger charge is -2.15. The van der Waals surface area contributed by atoms with E-state index in [-0.39, 0.29) is 17.2 Å². The lowest BCUT2D eigenvalue weighted by Crippen LogP contribution is -2.36. The molecule has 2 aromatic rings. The molecule has 7 nitrogen and oxygen atoms in total. The number of rotatable bonds is 8. The van der Waals surface area contributed by atoms with Crippen molar-refractivity contribution in [1.29, 1.82) is 0 Å². The summed E-state index contributed by atoms with van der Waals surface area (Å²) in [6.07, 6.45) is 0. The number of benzene rings is 2. The van der Waals surface area contributed by atoms with Gasteiger partial charge in [-0.3, -0.25) is 4.99 Å². The van der Waals surface area contributed by atoms with Crippen molar-refractivity contribution in [2.75, 3.05) is 21.1 Å². The molecule has 0 radical (unpaired) electrons. The second kappa shape index (κ2) is 10.4. The van der Waals surface area contributed by atoms with E-state index in [0.29, 0.717) is 18.1 Å². The molecule has 0 amide bonds. The molecule has 0 aliphatic rings. The first kappa shape index (κ1) is 23.6. The van der Waals surface area contributed by atoms with Gasteiger partial charge in [0, 0.05) is 39.8 Å². The summed E-state index contributed by atoms with van der Waals surface area (Å²) in [5, 5.41) is 6.16. The predicted molar refractivity (Wildman–Crippen MR) is 112 cm³/mol. The number of nitrogens with one attached hydrogen (secondary N) is 2. The molecule has 0 heterocycles. The van der Waals surface area contributed by atoms with Gasteiger partial charge in [-0.25, -0.2) is 12.7 Å². The van der Waals surface area contributed by atoms with E-state index < -0.39 is 16.6 Å². The Kier molecular flexibility index (Phi) is 8.13. The first-order chi connectivity index (χ1) is 14.1. The molecule has 0 saturated heterocycles. The van der Waals surface area contributed by atoms with E-state index in [9.17, 15) is 17.2 Å². The van der Waals surface area contributed by atoms with E-state index in [0.717, 1.165) is 15.4 Å². The Labute approximate surface area is 175 Å². The molecule has 30 heavy (non-hydrogen) atoms. The van der Waals surface area contributed by atoms with Crippen LogP contribution in [0.4, 0.5) is 8.78 Å². The summed E-state index contributed by atoms with van der Waals surface area (Å²) in [6, 6.07) is 11.5. The Hall–Kier alpha value is -2.72. The number of aliphatic imine (C=N–C) groups is 1. The normalized spacial score (nSPS) is 12.3. The lowest BCUT2D eigenvalue weighted by atomic mass is 10.1. The van der Waals surface area contributed by atoms with Crippen LogP contribution in [0.25, 0.3) is 0 Å². The fraction of sp³-hybridized carbons (Fsp3) is 0.350. The van der Waals surface area contributed by atoms with Crippen molar-refractivity contribution in [2.24, 2.45) is 4.99 Å². The molecule has 0 aliphatic carbocycles. The molecule has 2 rings (SSSR count). The molecule has 0 fully saturated rings. The van der Waals surface area contributed by atoms with Gasteiger partial charge in [-0.2, -0.15) is 8.78 Å². The molecule has 164 valence electrons. The SMILES string of the molecule is CN=C(NCc1ccc(S(=O)(=O)N(C)C)cc1)NCc1cc(C)ccc1OC(F)F. The summed E-state index contributed by atoms with van der Waals surface area (Å²) in [7, 11) is 1.08. The Balaban J connectivity index is 1.99. The minimum absolute atomic E-state index is 0.108. The minimum Gasteiger partial charge on any atom is -0.434 e. The average Bonchev–Trinajstić information content (AvgIpc) is 2.69. The Morgan fingerprint density at radius 2 is 1.73 bits per heavy atom. The van der Waals surface area contributed by atoms with Crippen LogP contribution in [-0.2, 0) is 23.1 Å². The van der Waals surface area contributed by atoms with E-state index >= 15 is 0 Å². The van der Waals surface area contributed by atoms with Crippen LogP contribution in [0.2, 0.25) is 0 Å². The maximum absolute atomic E-state index is 12.6. The highest BCUT2D eigenvalue weighted by atomic mass is 32.2. The van der Waals surface area contributed by atoms with Crippen molar-refractivity contribution in [3.63, 3.8) is 0 Å². The number of nitrogens with zero attached hydrogens (tertiary/aromatic N) is 2. The monoisotopic (exact) mass is 440 g/mol. The lowest BCUT2D eigenvalue weighted by molar-refractivity contribution is -0.0504. The third-order valence-electron chi connectivity index (χ3n) is 4.26. The fourth-order valence-corrected chi connectivity index (χ4v) is 3.53. The highest BCUT2D eigenvalue weighted by molar-refractivity contribution is 7.89. The smallest absolute Gasteiger partial charge is 0.387 e. The number of ether oxygens (including phenoxy) is 1. The summed E-state index contributed by atoms with van der Waals surface area (Å²) in [4.78, 5) is 4.33. The molecule has 0 aromatic heterocycles. The molecule has 0 saturated carbocycles. The molecule has 0 atom stereocenters. The average molecular weight is 441 g/mol. The van der Waals surface area contributed by atoms with E-state index in [1.165, 1.54) is 20.2 Å². The van der Waals surface area contributed by atoms with Crippen LogP contribution in [0.15, 0.2) is 52.4 Å². The molecular weight excluding hydrogens is 414 g/mol. The zero-order chi connectivity index (χ0) is 22.3. The topological polar surface area (TPSA) is 83.0 Å². The summed E-state index contributed by atoms with van der Waals surface area (Å²) in [6.45, 7) is -0.397. The third kappa shape index (κ3) is 6.39. The maximum atomic E-state index is 12.6. The van der Waals surface area contributed by atoms with Crippen LogP contribution >= 0.6 is 0 Å². The van der Waals surface area contributed by atoms with Gasteiger partial charge in [-0.05, 0) is 30.7 Å². The zero-order valence-corrected chi connectivity index (χ0v) is 18.1. The maximum Gasteiger partial charge on any atom is 0.387 e. The van der Waals surface area contributed by atoms with Gasteiger partial charge < -0.3 is 15.4 Å². The molecule has 10 heteroatoms. The van der Waals surface area contributed by atoms with Gasteiger partial charge >= 0.3 is 6.61 Å². The van der Waals surface area contributed by atoms with Gasteiger partial charge in [0.25, 0.3) is 0 Å². The van der Waals surface area contributed by atoms with E-state index in [2.05, 4.69) is 20.4 Å². The number of sulfonamides is 1. The second-order valence-corrected chi connectivity index (χ2v) is 8.85. The molecule has 2 aromatic carbocycles. The van der Waals surface area contributed by atoms with E-state index in [1.54, 1.807) is 43.4 Å². The first-order valence-electron chi connectivity index (χ1n) is 9.14. The van der Waals surface area contributed by atoms with E-state index in [4.69, 9.17) is 0 Å². The second-order valence-electron chi connectivity index (χ2n) is 6.70. The van der Waals surface area contributed by atoms with Gasteiger partial charge in [0.05, 0.1) is 4.90 Å². The van der Waals surface area contributed by atoms with Crippen LogP contribution in [0.3, 0.4) is 0 Å². The fourth-order valence-electron chi connectivity index (χ4n) is 2.63. The van der Waals surface area contributed by atoms with Gasteiger partial charge in [-0.15, -0.1) is 0 Å². The van der Waals surface area contributed by atoms with Crippen molar-refractivity contribution >= 4 is 16.0 Å². The van der Waals surface area contributed by atoms with Crippen molar-refractivity contribution in [1.82, 2.24) is 14.9 Å². The Morgan fingerprint density at radius 3 is 2.30 bits per heavy atom. The van der Waals surface area contributed by atoms with Gasteiger partial charge in [0.15, 0.2) is 5.96 Å². The zero-order valence-electron chi connectivity index (χ0n) is 17.3. The number of halogens is 2.